The molecule has 0 aliphatic rings. The SMILES string of the molecule is O=C(O)CCS(=O)(=O)NCc1ccc(-c2ccn[nH]2)cc1. The van der Waals surface area contributed by atoms with Crippen LogP contribution >= 0.6 is 0 Å². The Morgan fingerprint density at radius 2 is 1.95 bits per heavy atom. The quantitative estimate of drug-likeness (QED) is 0.705. The Morgan fingerprint density at radius 3 is 2.52 bits per heavy atom. The van der Waals surface area contributed by atoms with Gasteiger partial charge in [0, 0.05) is 12.7 Å². The zero-order chi connectivity index (χ0) is 15.3. The number of benzene rings is 1. The lowest BCUT2D eigenvalue weighted by Gasteiger charge is -2.06. The van der Waals surface area contributed by atoms with E-state index in [4.69, 9.17) is 5.11 Å². The standard InChI is InChI=1S/C13H15N3O4S/c17-13(18)6-8-21(19,20)15-9-10-1-3-11(4-2-10)12-5-7-14-16-12/h1-5,7,15H,6,8-9H2,(H,14,16)(H,17,18). The highest BCUT2D eigenvalue weighted by atomic mass is 32.2. The third kappa shape index (κ3) is 4.69. The van der Waals surface area contributed by atoms with Crippen LogP contribution in [0.3, 0.4) is 0 Å². The van der Waals surface area contributed by atoms with Crippen LogP contribution in [0.4, 0.5) is 0 Å². The predicted molar refractivity (Wildman–Crippen MR) is 76.9 cm³/mol. The van der Waals surface area contributed by atoms with Gasteiger partial charge in [-0.05, 0) is 17.2 Å². The number of aliphatic carboxylic acids is 1. The maximum atomic E-state index is 11.6. The van der Waals surface area contributed by atoms with Crippen LogP contribution in [0, 0.1) is 0 Å². The minimum Gasteiger partial charge on any atom is -0.481 e. The van der Waals surface area contributed by atoms with Gasteiger partial charge in [-0.25, -0.2) is 13.1 Å². The van der Waals surface area contributed by atoms with Crippen LogP contribution in [0.25, 0.3) is 11.3 Å². The van der Waals surface area contributed by atoms with Crippen LogP contribution in [0.15, 0.2) is 36.5 Å². The fraction of sp³-hybridized carbons (Fsp3) is 0.231. The third-order valence-electron chi connectivity index (χ3n) is 2.85. The smallest absolute Gasteiger partial charge is 0.304 e. The van der Waals surface area contributed by atoms with Gasteiger partial charge in [-0.2, -0.15) is 5.10 Å². The molecule has 1 heterocycles. The number of carboxylic acid groups (broad SMARTS) is 1. The minimum absolute atomic E-state index is 0.130. The van der Waals surface area contributed by atoms with Gasteiger partial charge >= 0.3 is 5.97 Å². The average Bonchev–Trinajstić information content (AvgIpc) is 2.98. The summed E-state index contributed by atoms with van der Waals surface area (Å²) in [5.74, 6) is -1.56. The Balaban J connectivity index is 1.93. The molecule has 0 saturated carbocycles. The predicted octanol–water partition coefficient (Wildman–Crippen LogP) is 0.971. The van der Waals surface area contributed by atoms with E-state index in [2.05, 4.69) is 14.9 Å². The van der Waals surface area contributed by atoms with Crippen LogP contribution in [0.1, 0.15) is 12.0 Å². The Bertz CT molecular complexity index is 694. The van der Waals surface area contributed by atoms with Crippen molar-refractivity contribution in [2.75, 3.05) is 5.75 Å². The Labute approximate surface area is 122 Å². The van der Waals surface area contributed by atoms with E-state index in [1.165, 1.54) is 0 Å². The lowest BCUT2D eigenvalue weighted by molar-refractivity contribution is -0.136. The van der Waals surface area contributed by atoms with Gasteiger partial charge in [0.15, 0.2) is 0 Å². The van der Waals surface area contributed by atoms with Crippen molar-refractivity contribution in [2.24, 2.45) is 0 Å². The lowest BCUT2D eigenvalue weighted by atomic mass is 10.1. The second kappa shape index (κ2) is 6.51. The van der Waals surface area contributed by atoms with Crippen molar-refractivity contribution in [3.8, 4) is 11.3 Å². The normalized spacial score (nSPS) is 11.4. The second-order valence-corrected chi connectivity index (χ2v) is 6.38. The summed E-state index contributed by atoms with van der Waals surface area (Å²) in [6.45, 7) is 0.130. The number of hydrogen-bond donors (Lipinski definition) is 3. The van der Waals surface area contributed by atoms with Crippen LogP contribution in [-0.4, -0.2) is 35.4 Å². The molecule has 0 spiro atoms. The van der Waals surface area contributed by atoms with Crippen molar-refractivity contribution >= 4 is 16.0 Å². The number of nitrogens with zero attached hydrogens (tertiary/aromatic N) is 1. The second-order valence-electron chi connectivity index (χ2n) is 4.45. The summed E-state index contributed by atoms with van der Waals surface area (Å²) in [5.41, 5.74) is 2.62. The number of carbonyl (C=O) groups is 1. The summed E-state index contributed by atoms with van der Waals surface area (Å²) in [6.07, 6.45) is 1.24. The Morgan fingerprint density at radius 1 is 1.24 bits per heavy atom. The summed E-state index contributed by atoms with van der Waals surface area (Å²) in [7, 11) is -3.58. The highest BCUT2D eigenvalue weighted by molar-refractivity contribution is 7.89. The zero-order valence-electron chi connectivity index (χ0n) is 11.1. The number of aromatic amines is 1. The molecule has 2 rings (SSSR count). The molecule has 3 N–H and O–H groups in total. The first kappa shape index (κ1) is 15.2. The molecule has 0 saturated heterocycles. The maximum Gasteiger partial charge on any atom is 0.304 e. The summed E-state index contributed by atoms with van der Waals surface area (Å²) in [4.78, 5) is 10.4. The molecule has 0 aliphatic heterocycles. The maximum absolute atomic E-state index is 11.6. The molecule has 8 heteroatoms. The van der Waals surface area contributed by atoms with Crippen LogP contribution < -0.4 is 4.72 Å². The highest BCUT2D eigenvalue weighted by Gasteiger charge is 2.12. The van der Waals surface area contributed by atoms with Crippen LogP contribution in [-0.2, 0) is 21.4 Å². The van der Waals surface area contributed by atoms with Crippen molar-refractivity contribution in [3.05, 3.63) is 42.1 Å². The van der Waals surface area contributed by atoms with Crippen molar-refractivity contribution < 1.29 is 18.3 Å². The van der Waals surface area contributed by atoms with E-state index in [0.29, 0.717) is 0 Å². The number of carboxylic acids is 1. The molecule has 1 aromatic carbocycles. The first-order valence-corrected chi connectivity index (χ1v) is 7.89. The van der Waals surface area contributed by atoms with E-state index in [0.717, 1.165) is 16.8 Å². The summed E-state index contributed by atoms with van der Waals surface area (Å²) in [6, 6.07) is 9.15. The van der Waals surface area contributed by atoms with Crippen molar-refractivity contribution in [1.82, 2.24) is 14.9 Å². The van der Waals surface area contributed by atoms with Crippen LogP contribution in [0.2, 0.25) is 0 Å². The minimum atomic E-state index is -3.58. The molecule has 0 aliphatic carbocycles. The Kier molecular flexibility index (Phi) is 4.71. The van der Waals surface area contributed by atoms with E-state index in [1.54, 1.807) is 18.3 Å². The summed E-state index contributed by atoms with van der Waals surface area (Å²) >= 11 is 0. The van der Waals surface area contributed by atoms with Gasteiger partial charge in [0.1, 0.15) is 0 Å². The molecule has 7 nitrogen and oxygen atoms in total. The van der Waals surface area contributed by atoms with E-state index in [-0.39, 0.29) is 6.54 Å². The largest absolute Gasteiger partial charge is 0.481 e. The van der Waals surface area contributed by atoms with Gasteiger partial charge in [-0.15, -0.1) is 0 Å². The fourth-order valence-electron chi connectivity index (χ4n) is 1.71. The topological polar surface area (TPSA) is 112 Å². The molecule has 21 heavy (non-hydrogen) atoms. The molecular formula is C13H15N3O4S. The van der Waals surface area contributed by atoms with Gasteiger partial charge < -0.3 is 5.11 Å². The third-order valence-corrected chi connectivity index (χ3v) is 4.17. The molecule has 0 radical (unpaired) electrons. The molecular weight excluding hydrogens is 294 g/mol. The number of H-pyrrole nitrogens is 1. The van der Waals surface area contributed by atoms with E-state index in [1.807, 2.05) is 18.2 Å². The number of aromatic nitrogens is 2. The number of rotatable bonds is 7. The van der Waals surface area contributed by atoms with Gasteiger partial charge in [0.2, 0.25) is 10.0 Å². The van der Waals surface area contributed by atoms with Gasteiger partial charge in [-0.1, -0.05) is 24.3 Å². The number of hydrogen-bond acceptors (Lipinski definition) is 4. The van der Waals surface area contributed by atoms with E-state index in [9.17, 15) is 13.2 Å². The molecule has 0 amide bonds. The van der Waals surface area contributed by atoms with E-state index >= 15 is 0 Å². The first-order valence-electron chi connectivity index (χ1n) is 6.24. The van der Waals surface area contributed by atoms with Gasteiger partial charge in [0.25, 0.3) is 0 Å². The van der Waals surface area contributed by atoms with E-state index < -0.39 is 28.2 Å². The molecule has 112 valence electrons. The summed E-state index contributed by atoms with van der Waals surface area (Å²) < 4.78 is 25.5. The average molecular weight is 309 g/mol. The van der Waals surface area contributed by atoms with Crippen LogP contribution in [0.5, 0.6) is 0 Å². The monoisotopic (exact) mass is 309 g/mol. The molecule has 0 atom stereocenters. The molecule has 2 aromatic rings. The highest BCUT2D eigenvalue weighted by Crippen LogP contribution is 2.16. The van der Waals surface area contributed by atoms with Gasteiger partial charge in [0.05, 0.1) is 17.9 Å². The summed E-state index contributed by atoms with van der Waals surface area (Å²) in [5, 5.41) is 15.2. The molecule has 1 aromatic heterocycles. The number of nitrogens with one attached hydrogen (secondary N) is 2. The number of sulfonamides is 1. The lowest BCUT2D eigenvalue weighted by Crippen LogP contribution is -2.27. The molecule has 0 bridgehead atoms. The van der Waals surface area contributed by atoms with Crippen molar-refractivity contribution in [3.63, 3.8) is 0 Å². The van der Waals surface area contributed by atoms with Gasteiger partial charge in [-0.3, -0.25) is 9.89 Å². The molecule has 0 fully saturated rings. The fourth-order valence-corrected chi connectivity index (χ4v) is 2.68. The Hall–Kier alpha value is -2.19. The zero-order valence-corrected chi connectivity index (χ0v) is 11.9. The van der Waals surface area contributed by atoms with Crippen molar-refractivity contribution in [2.45, 2.75) is 13.0 Å². The molecule has 0 unspecified atom stereocenters. The first-order chi connectivity index (χ1) is 9.96. The van der Waals surface area contributed by atoms with Crippen molar-refractivity contribution in [1.29, 1.82) is 0 Å².